The molecule has 106 valence electrons. The van der Waals surface area contributed by atoms with Gasteiger partial charge in [-0.3, -0.25) is 0 Å². The molecule has 2 nitrogen and oxygen atoms in total. The lowest BCUT2D eigenvalue weighted by Gasteiger charge is -2.23. The summed E-state index contributed by atoms with van der Waals surface area (Å²) in [7, 11) is 0. The molecule has 1 aromatic carbocycles. The van der Waals surface area contributed by atoms with E-state index in [9.17, 15) is 0 Å². The Morgan fingerprint density at radius 2 is 1.79 bits per heavy atom. The molecule has 3 heteroatoms. The summed E-state index contributed by atoms with van der Waals surface area (Å²) < 4.78 is 5.74. The van der Waals surface area contributed by atoms with Crippen LogP contribution in [0.4, 0.5) is 0 Å². The van der Waals surface area contributed by atoms with Gasteiger partial charge in [0.05, 0.1) is 26.3 Å². The van der Waals surface area contributed by atoms with E-state index in [0.717, 1.165) is 19.0 Å². The maximum atomic E-state index is 5.74. The van der Waals surface area contributed by atoms with Gasteiger partial charge in [-0.25, -0.2) is 0 Å². The highest BCUT2D eigenvalue weighted by atomic mass is 32.2. The van der Waals surface area contributed by atoms with Crippen molar-refractivity contribution in [3.63, 3.8) is 0 Å². The molecule has 0 unspecified atom stereocenters. The van der Waals surface area contributed by atoms with Crippen LogP contribution in [0.25, 0.3) is 0 Å². The third-order valence-corrected chi connectivity index (χ3v) is 4.65. The lowest BCUT2D eigenvalue weighted by Crippen LogP contribution is -3.13. The first-order valence-electron chi connectivity index (χ1n) is 7.45. The quantitative estimate of drug-likeness (QED) is 0.607. The lowest BCUT2D eigenvalue weighted by atomic mass is 10.1. The molecule has 0 amide bonds. The molecule has 1 N–H and O–H groups in total. The predicted molar refractivity (Wildman–Crippen MR) is 82.1 cm³/mol. The minimum atomic E-state index is 0.867. The molecular formula is C16H26NOS+. The van der Waals surface area contributed by atoms with Gasteiger partial charge in [-0.1, -0.05) is 17.7 Å². The average molecular weight is 280 g/mol. The number of likely N-dealkylation sites (tertiary alicyclic amines) is 1. The van der Waals surface area contributed by atoms with Crippen LogP contribution in [0.3, 0.4) is 0 Å². The summed E-state index contributed by atoms with van der Waals surface area (Å²) in [6.45, 7) is 7.80. The van der Waals surface area contributed by atoms with Crippen LogP contribution < -0.4 is 4.90 Å². The fraction of sp³-hybridized carbons (Fsp3) is 0.625. The van der Waals surface area contributed by atoms with Gasteiger partial charge in [0.2, 0.25) is 0 Å². The van der Waals surface area contributed by atoms with Crippen molar-refractivity contribution >= 4 is 11.8 Å². The van der Waals surface area contributed by atoms with Crippen molar-refractivity contribution in [2.75, 3.05) is 38.6 Å². The second-order valence-electron chi connectivity index (χ2n) is 5.33. The fourth-order valence-corrected chi connectivity index (χ4v) is 3.24. The molecule has 0 spiro atoms. The first-order valence-corrected chi connectivity index (χ1v) is 8.44. The highest BCUT2D eigenvalue weighted by molar-refractivity contribution is 7.99. The minimum absolute atomic E-state index is 0.867. The Morgan fingerprint density at radius 3 is 2.53 bits per heavy atom. The smallest absolute Gasteiger partial charge is 0.101 e. The molecule has 0 radical (unpaired) electrons. The van der Waals surface area contributed by atoms with Crippen molar-refractivity contribution in [3.8, 4) is 0 Å². The monoisotopic (exact) mass is 280 g/mol. The zero-order chi connectivity index (χ0) is 13.3. The summed E-state index contributed by atoms with van der Waals surface area (Å²) in [6, 6.07) is 8.72. The summed E-state index contributed by atoms with van der Waals surface area (Å²) in [5, 5.41) is 0. The topological polar surface area (TPSA) is 13.7 Å². The van der Waals surface area contributed by atoms with E-state index in [-0.39, 0.29) is 0 Å². The van der Waals surface area contributed by atoms with Crippen LogP contribution >= 0.6 is 11.8 Å². The van der Waals surface area contributed by atoms with E-state index >= 15 is 0 Å². The van der Waals surface area contributed by atoms with E-state index in [1.807, 2.05) is 11.8 Å². The van der Waals surface area contributed by atoms with Crippen LogP contribution in [0.1, 0.15) is 24.8 Å². The van der Waals surface area contributed by atoms with Crippen molar-refractivity contribution in [1.82, 2.24) is 0 Å². The number of benzene rings is 1. The Bertz CT molecular complexity index is 346. The number of aryl methyl sites for hydroxylation is 1. The molecule has 1 saturated heterocycles. The third kappa shape index (κ3) is 5.98. The second kappa shape index (κ2) is 8.62. The molecule has 0 atom stereocenters. The summed E-state index contributed by atoms with van der Waals surface area (Å²) in [5.41, 5.74) is 1.32. The first-order chi connectivity index (χ1) is 9.34. The van der Waals surface area contributed by atoms with E-state index < -0.39 is 0 Å². The van der Waals surface area contributed by atoms with Crippen molar-refractivity contribution in [3.05, 3.63) is 29.8 Å². The molecule has 1 aliphatic rings. The summed E-state index contributed by atoms with van der Waals surface area (Å²) >= 11 is 1.88. The zero-order valence-corrected chi connectivity index (χ0v) is 12.8. The molecule has 0 saturated carbocycles. The van der Waals surface area contributed by atoms with Gasteiger partial charge in [0.25, 0.3) is 0 Å². The van der Waals surface area contributed by atoms with Crippen molar-refractivity contribution < 1.29 is 9.64 Å². The van der Waals surface area contributed by atoms with E-state index in [2.05, 4.69) is 31.2 Å². The number of thioether (sulfide) groups is 1. The van der Waals surface area contributed by atoms with Crippen LogP contribution in [0, 0.1) is 6.92 Å². The zero-order valence-electron chi connectivity index (χ0n) is 12.0. The van der Waals surface area contributed by atoms with Crippen LogP contribution in [0.2, 0.25) is 0 Å². The number of rotatable bonds is 7. The summed E-state index contributed by atoms with van der Waals surface area (Å²) in [4.78, 5) is 3.08. The van der Waals surface area contributed by atoms with Gasteiger partial charge in [-0.2, -0.15) is 0 Å². The number of nitrogens with one attached hydrogen (secondary N) is 1. The summed E-state index contributed by atoms with van der Waals surface area (Å²) in [5.74, 6) is 1.05. The Morgan fingerprint density at radius 1 is 1.05 bits per heavy atom. The Hall–Kier alpha value is -0.510. The van der Waals surface area contributed by atoms with Gasteiger partial charge in [-0.15, -0.1) is 11.8 Å². The Kier molecular flexibility index (Phi) is 6.75. The normalized spacial score (nSPS) is 16.7. The van der Waals surface area contributed by atoms with Gasteiger partial charge in [0, 0.05) is 10.6 Å². The molecule has 0 aromatic heterocycles. The van der Waals surface area contributed by atoms with Crippen LogP contribution in [-0.2, 0) is 4.74 Å². The number of hydrogen-bond donors (Lipinski definition) is 1. The first kappa shape index (κ1) is 14.9. The molecule has 1 heterocycles. The number of piperidine rings is 1. The Labute approximate surface area is 121 Å². The fourth-order valence-electron chi connectivity index (χ4n) is 2.47. The number of ether oxygens (including phenoxy) is 1. The van der Waals surface area contributed by atoms with Crippen LogP contribution in [0.5, 0.6) is 0 Å². The Balaban J connectivity index is 1.49. The van der Waals surface area contributed by atoms with Gasteiger partial charge in [-0.05, 0) is 38.3 Å². The largest absolute Gasteiger partial charge is 0.375 e. The van der Waals surface area contributed by atoms with Gasteiger partial charge in [0.1, 0.15) is 6.54 Å². The van der Waals surface area contributed by atoms with Gasteiger partial charge in [0.15, 0.2) is 0 Å². The molecule has 1 aliphatic heterocycles. The highest BCUT2D eigenvalue weighted by Gasteiger charge is 2.12. The molecular weight excluding hydrogens is 254 g/mol. The molecule has 0 bridgehead atoms. The van der Waals surface area contributed by atoms with Crippen molar-refractivity contribution in [2.24, 2.45) is 0 Å². The molecule has 19 heavy (non-hydrogen) atoms. The van der Waals surface area contributed by atoms with Crippen LogP contribution in [0.15, 0.2) is 29.2 Å². The molecule has 1 aromatic rings. The maximum absolute atomic E-state index is 5.74. The van der Waals surface area contributed by atoms with Crippen molar-refractivity contribution in [1.29, 1.82) is 0 Å². The number of quaternary nitrogens is 1. The molecule has 1 fully saturated rings. The van der Waals surface area contributed by atoms with E-state index in [1.165, 1.54) is 49.4 Å². The summed E-state index contributed by atoms with van der Waals surface area (Å²) in [6.07, 6.45) is 4.23. The number of hydrogen-bond acceptors (Lipinski definition) is 2. The third-order valence-electron chi connectivity index (χ3n) is 3.68. The lowest BCUT2D eigenvalue weighted by molar-refractivity contribution is -0.905. The standard InChI is InChI=1S/C16H25NOS/c1-15-5-7-16(8-6-15)19-14-13-18-12-11-17-9-3-2-4-10-17/h5-8H,2-4,9-14H2,1H3/p+1. The predicted octanol–water partition coefficient (Wildman–Crippen LogP) is 2.17. The van der Waals surface area contributed by atoms with E-state index in [4.69, 9.17) is 4.74 Å². The molecule has 0 aliphatic carbocycles. The van der Waals surface area contributed by atoms with E-state index in [1.54, 1.807) is 4.90 Å². The van der Waals surface area contributed by atoms with Crippen molar-refractivity contribution in [2.45, 2.75) is 31.1 Å². The minimum Gasteiger partial charge on any atom is -0.375 e. The van der Waals surface area contributed by atoms with Gasteiger partial charge < -0.3 is 9.64 Å². The highest BCUT2D eigenvalue weighted by Crippen LogP contribution is 2.17. The SMILES string of the molecule is Cc1ccc(SCCOCC[NH+]2CCCCC2)cc1. The second-order valence-corrected chi connectivity index (χ2v) is 6.50. The van der Waals surface area contributed by atoms with E-state index in [0.29, 0.717) is 0 Å². The maximum Gasteiger partial charge on any atom is 0.101 e. The van der Waals surface area contributed by atoms with Gasteiger partial charge >= 0.3 is 0 Å². The van der Waals surface area contributed by atoms with Crippen LogP contribution in [-0.4, -0.2) is 38.6 Å². The molecule has 2 rings (SSSR count). The average Bonchev–Trinajstić information content (AvgIpc) is 2.46.